The zero-order valence-corrected chi connectivity index (χ0v) is 19.3. The van der Waals surface area contributed by atoms with Crippen LogP contribution in [0, 0.1) is 0 Å². The van der Waals surface area contributed by atoms with Crippen LogP contribution in [0.15, 0.2) is 24.3 Å². The number of aliphatic hydroxyl groups is 1. The summed E-state index contributed by atoms with van der Waals surface area (Å²) in [5.41, 5.74) is 1.91. The molecule has 1 amide bonds. The van der Waals surface area contributed by atoms with Crippen LogP contribution in [0.2, 0.25) is 18.1 Å². The molecule has 2 atom stereocenters. The van der Waals surface area contributed by atoms with Gasteiger partial charge in [0.25, 0.3) is 0 Å². The number of cyclic esters (lactones) is 1. The third-order valence-electron chi connectivity index (χ3n) is 6.03. The second-order valence-electron chi connectivity index (χ2n) is 9.24. The average molecular weight is 408 g/mol. The molecule has 5 nitrogen and oxygen atoms in total. The molecule has 1 aliphatic heterocycles. The minimum absolute atomic E-state index is 0.0701. The van der Waals surface area contributed by atoms with E-state index < -0.39 is 14.4 Å². The fourth-order valence-electron chi connectivity index (χ4n) is 3.17. The molecule has 28 heavy (non-hydrogen) atoms. The van der Waals surface area contributed by atoms with Crippen molar-refractivity contribution in [2.45, 2.75) is 83.7 Å². The summed E-state index contributed by atoms with van der Waals surface area (Å²) < 4.78 is 11.8. The minimum atomic E-state index is -1.90. The summed E-state index contributed by atoms with van der Waals surface area (Å²) >= 11 is 0. The van der Waals surface area contributed by atoms with Crippen LogP contribution in [-0.4, -0.2) is 38.8 Å². The lowest BCUT2D eigenvalue weighted by Gasteiger charge is -2.39. The molecule has 1 aromatic carbocycles. The number of aliphatic hydroxyl groups excluding tert-OH is 1. The Morgan fingerprint density at radius 2 is 1.89 bits per heavy atom. The van der Waals surface area contributed by atoms with Crippen molar-refractivity contribution in [3.63, 3.8) is 0 Å². The molecular weight excluding hydrogens is 370 g/mol. The average Bonchev–Trinajstić information content (AvgIpc) is 3.01. The smallest absolute Gasteiger partial charge is 0.414 e. The molecule has 6 heteroatoms. The van der Waals surface area contributed by atoms with Gasteiger partial charge >= 0.3 is 6.09 Å². The predicted octanol–water partition coefficient (Wildman–Crippen LogP) is 5.65. The number of hydrogen-bond donors (Lipinski definition) is 1. The molecule has 1 N–H and O–H groups in total. The number of unbranched alkanes of at least 4 members (excludes halogenated alkanes) is 2. The van der Waals surface area contributed by atoms with E-state index in [1.54, 1.807) is 0 Å². The molecule has 1 saturated heterocycles. The van der Waals surface area contributed by atoms with E-state index >= 15 is 0 Å². The van der Waals surface area contributed by atoms with Gasteiger partial charge < -0.3 is 14.3 Å². The Labute approximate surface area is 171 Å². The van der Waals surface area contributed by atoms with Crippen LogP contribution >= 0.6 is 0 Å². The van der Waals surface area contributed by atoms with E-state index in [0.717, 1.165) is 24.1 Å². The van der Waals surface area contributed by atoms with Gasteiger partial charge in [0.2, 0.25) is 0 Å². The van der Waals surface area contributed by atoms with Crippen molar-refractivity contribution in [2.24, 2.45) is 0 Å². The van der Waals surface area contributed by atoms with E-state index in [4.69, 9.17) is 9.16 Å². The van der Waals surface area contributed by atoms with Crippen LogP contribution in [-0.2, 0) is 9.16 Å². The van der Waals surface area contributed by atoms with Crippen molar-refractivity contribution in [3.8, 4) is 0 Å². The molecule has 0 radical (unpaired) electrons. The lowest BCUT2D eigenvalue weighted by atomic mass is 10.0. The van der Waals surface area contributed by atoms with E-state index in [1.165, 1.54) is 17.7 Å². The fourth-order valence-corrected chi connectivity index (χ4v) is 4.49. The summed E-state index contributed by atoms with van der Waals surface area (Å²) in [5.74, 6) is 0. The standard InChI is InChI=1S/C22H37NO4Si/c1-7-8-9-10-20(27-28(5,6)22(2,3)4)17-11-13-18(14-12-17)23-19(15-24)16-26-21(23)25/h11-14,19-20,24H,7-10,15-16H2,1-6H3/t19-,20?/m0/s1. The van der Waals surface area contributed by atoms with Crippen LogP contribution in [0.3, 0.4) is 0 Å². The van der Waals surface area contributed by atoms with Gasteiger partial charge in [-0.2, -0.15) is 0 Å². The Bertz CT molecular complexity index is 639. The lowest BCUT2D eigenvalue weighted by molar-refractivity contribution is 0.170. The molecule has 1 fully saturated rings. The maximum atomic E-state index is 12.0. The maximum Gasteiger partial charge on any atom is 0.414 e. The molecule has 0 aliphatic carbocycles. The topological polar surface area (TPSA) is 59.0 Å². The molecule has 1 heterocycles. The first kappa shape index (κ1) is 22.9. The molecular formula is C22H37NO4Si. The Balaban J connectivity index is 2.22. The summed E-state index contributed by atoms with van der Waals surface area (Å²) in [7, 11) is -1.90. The molecule has 0 spiro atoms. The molecule has 0 saturated carbocycles. The number of rotatable bonds is 9. The largest absolute Gasteiger partial charge is 0.447 e. The van der Waals surface area contributed by atoms with Gasteiger partial charge in [-0.25, -0.2) is 4.79 Å². The number of carbonyl (C=O) groups excluding carboxylic acids is 1. The van der Waals surface area contributed by atoms with Crippen LogP contribution in [0.1, 0.15) is 65.0 Å². The molecule has 0 aromatic heterocycles. The minimum Gasteiger partial charge on any atom is -0.447 e. The Morgan fingerprint density at radius 3 is 2.43 bits per heavy atom. The number of amides is 1. The van der Waals surface area contributed by atoms with Crippen molar-refractivity contribution in [3.05, 3.63) is 29.8 Å². The van der Waals surface area contributed by atoms with Gasteiger partial charge in [-0.1, -0.05) is 59.1 Å². The summed E-state index contributed by atoms with van der Waals surface area (Å²) in [6, 6.07) is 7.67. The molecule has 1 unspecified atom stereocenters. The van der Waals surface area contributed by atoms with Gasteiger partial charge in [0.05, 0.1) is 18.8 Å². The van der Waals surface area contributed by atoms with Crippen molar-refractivity contribution in [2.75, 3.05) is 18.1 Å². The first-order valence-electron chi connectivity index (χ1n) is 10.5. The van der Waals surface area contributed by atoms with E-state index in [-0.39, 0.29) is 30.4 Å². The first-order valence-corrected chi connectivity index (χ1v) is 13.4. The summed E-state index contributed by atoms with van der Waals surface area (Å²) in [4.78, 5) is 13.5. The van der Waals surface area contributed by atoms with E-state index in [1.807, 2.05) is 12.1 Å². The second-order valence-corrected chi connectivity index (χ2v) is 14.0. The van der Waals surface area contributed by atoms with Crippen molar-refractivity contribution in [1.29, 1.82) is 0 Å². The Kier molecular flexibility index (Phi) is 7.71. The fraction of sp³-hybridized carbons (Fsp3) is 0.682. The van der Waals surface area contributed by atoms with Gasteiger partial charge in [0, 0.05) is 5.69 Å². The normalized spacial score (nSPS) is 19.0. The number of hydrogen-bond acceptors (Lipinski definition) is 4. The van der Waals surface area contributed by atoms with Crippen molar-refractivity contribution in [1.82, 2.24) is 0 Å². The number of nitrogens with zero attached hydrogens (tertiary/aromatic N) is 1. The van der Waals surface area contributed by atoms with Crippen LogP contribution < -0.4 is 4.90 Å². The maximum absolute atomic E-state index is 12.0. The van der Waals surface area contributed by atoms with E-state index in [0.29, 0.717) is 0 Å². The van der Waals surface area contributed by atoms with Crippen LogP contribution in [0.25, 0.3) is 0 Å². The van der Waals surface area contributed by atoms with E-state index in [2.05, 4.69) is 52.9 Å². The highest BCUT2D eigenvalue weighted by Crippen LogP contribution is 2.41. The predicted molar refractivity (Wildman–Crippen MR) is 116 cm³/mol. The number of ether oxygens (including phenoxy) is 1. The first-order chi connectivity index (χ1) is 13.1. The van der Waals surface area contributed by atoms with Gasteiger partial charge in [-0.3, -0.25) is 4.90 Å². The third-order valence-corrected chi connectivity index (χ3v) is 10.5. The monoisotopic (exact) mass is 407 g/mol. The van der Waals surface area contributed by atoms with Gasteiger partial charge in [0.1, 0.15) is 6.61 Å². The van der Waals surface area contributed by atoms with Gasteiger partial charge in [0.15, 0.2) is 8.32 Å². The summed E-state index contributed by atoms with van der Waals surface area (Å²) in [5, 5.41) is 9.65. The quantitative estimate of drug-likeness (QED) is 0.425. The van der Waals surface area contributed by atoms with Crippen molar-refractivity contribution < 1.29 is 19.1 Å². The zero-order valence-electron chi connectivity index (χ0n) is 18.3. The van der Waals surface area contributed by atoms with Crippen molar-refractivity contribution >= 4 is 20.1 Å². The molecule has 0 bridgehead atoms. The highest BCUT2D eigenvalue weighted by molar-refractivity contribution is 6.74. The van der Waals surface area contributed by atoms with Crippen LogP contribution in [0.5, 0.6) is 0 Å². The second kappa shape index (κ2) is 9.42. The number of anilines is 1. The Morgan fingerprint density at radius 1 is 1.25 bits per heavy atom. The summed E-state index contributed by atoms with van der Waals surface area (Å²) in [6.45, 7) is 13.7. The Hall–Kier alpha value is -1.37. The molecule has 1 aromatic rings. The molecule has 2 rings (SSSR count). The highest BCUT2D eigenvalue weighted by atomic mass is 28.4. The molecule has 1 aliphatic rings. The van der Waals surface area contributed by atoms with Gasteiger partial charge in [-0.15, -0.1) is 0 Å². The SMILES string of the molecule is CCCCCC(O[Si](C)(C)C(C)(C)C)c1ccc(N2C(=O)OC[C@@H]2CO)cc1. The van der Waals surface area contributed by atoms with Gasteiger partial charge in [-0.05, 0) is 42.2 Å². The summed E-state index contributed by atoms with van der Waals surface area (Å²) in [6.07, 6.45) is 4.20. The molecule has 158 valence electrons. The van der Waals surface area contributed by atoms with E-state index in [9.17, 15) is 9.90 Å². The zero-order chi connectivity index (χ0) is 20.9. The highest BCUT2D eigenvalue weighted by Gasteiger charge is 2.39. The third kappa shape index (κ3) is 5.36. The number of benzene rings is 1. The lowest BCUT2D eigenvalue weighted by Crippen LogP contribution is -2.41. The number of carbonyl (C=O) groups is 1. The van der Waals surface area contributed by atoms with Crippen LogP contribution in [0.4, 0.5) is 10.5 Å².